The predicted molar refractivity (Wildman–Crippen MR) is 118 cm³/mol. The minimum atomic E-state index is -0.622. The number of hydrogen-bond donors (Lipinski definition) is 0. The fraction of sp³-hybridized carbons (Fsp3) is 0.231. The van der Waals surface area contributed by atoms with Crippen LogP contribution < -0.4 is 0 Å². The summed E-state index contributed by atoms with van der Waals surface area (Å²) in [4.78, 5) is 29.5. The van der Waals surface area contributed by atoms with Gasteiger partial charge >= 0.3 is 6.09 Å². The van der Waals surface area contributed by atoms with Crippen molar-refractivity contribution >= 4 is 12.0 Å². The Morgan fingerprint density at radius 3 is 2.32 bits per heavy atom. The summed E-state index contributed by atoms with van der Waals surface area (Å²) in [6, 6.07) is 27.5. The fourth-order valence-electron chi connectivity index (χ4n) is 4.56. The van der Waals surface area contributed by atoms with E-state index in [1.54, 1.807) is 4.90 Å². The van der Waals surface area contributed by atoms with Gasteiger partial charge in [-0.3, -0.25) is 9.69 Å². The molecule has 156 valence electrons. The average molecular weight is 412 g/mol. The second-order valence-corrected chi connectivity index (χ2v) is 8.28. The third-order valence-corrected chi connectivity index (χ3v) is 6.10. The first-order valence-electron chi connectivity index (χ1n) is 10.6. The Balaban J connectivity index is 1.32. The first-order chi connectivity index (χ1) is 15.1. The molecule has 0 unspecified atom stereocenters. The first-order valence-corrected chi connectivity index (χ1v) is 10.6. The van der Waals surface area contributed by atoms with Crippen molar-refractivity contribution in [1.29, 1.82) is 0 Å². The Bertz CT molecular complexity index is 1100. The number of nitrogens with zero attached hydrogens (tertiary/aromatic N) is 2. The smallest absolute Gasteiger partial charge is 0.410 e. The SMILES string of the molecule is O=C1O[C@]2(CCN(C(=O)c3ccccc3-c3ccccc3)C2)CN1Cc1ccccc1. The number of carbonyl (C=O) groups is 2. The summed E-state index contributed by atoms with van der Waals surface area (Å²) in [7, 11) is 0. The highest BCUT2D eigenvalue weighted by molar-refractivity contribution is 6.01. The zero-order chi connectivity index (χ0) is 21.3. The van der Waals surface area contributed by atoms with Gasteiger partial charge < -0.3 is 9.64 Å². The third-order valence-electron chi connectivity index (χ3n) is 6.10. The van der Waals surface area contributed by atoms with Crippen LogP contribution in [0, 0.1) is 0 Å². The standard InChI is InChI=1S/C26H24N2O3/c29-24(23-14-8-7-13-22(23)21-11-5-2-6-12-21)27-16-15-26(18-27)19-28(25(30)31-26)17-20-9-3-1-4-10-20/h1-14H,15-19H2/t26-/m0/s1. The van der Waals surface area contributed by atoms with Gasteiger partial charge in [0, 0.05) is 25.1 Å². The van der Waals surface area contributed by atoms with Crippen LogP contribution in [0.2, 0.25) is 0 Å². The number of hydrogen-bond acceptors (Lipinski definition) is 3. The molecule has 0 N–H and O–H groups in total. The topological polar surface area (TPSA) is 49.9 Å². The van der Waals surface area contributed by atoms with E-state index in [1.165, 1.54) is 0 Å². The van der Waals surface area contributed by atoms with Crippen LogP contribution in [0.3, 0.4) is 0 Å². The van der Waals surface area contributed by atoms with E-state index in [9.17, 15) is 9.59 Å². The van der Waals surface area contributed by atoms with Crippen LogP contribution >= 0.6 is 0 Å². The molecule has 2 amide bonds. The van der Waals surface area contributed by atoms with Crippen molar-refractivity contribution in [3.63, 3.8) is 0 Å². The lowest BCUT2D eigenvalue weighted by molar-refractivity contribution is 0.0553. The van der Waals surface area contributed by atoms with E-state index in [0.717, 1.165) is 16.7 Å². The van der Waals surface area contributed by atoms with E-state index in [4.69, 9.17) is 4.74 Å². The van der Waals surface area contributed by atoms with E-state index in [-0.39, 0.29) is 12.0 Å². The summed E-state index contributed by atoms with van der Waals surface area (Å²) >= 11 is 0. The zero-order valence-electron chi connectivity index (χ0n) is 17.2. The van der Waals surface area contributed by atoms with Crippen molar-refractivity contribution < 1.29 is 14.3 Å². The largest absolute Gasteiger partial charge is 0.439 e. The second-order valence-electron chi connectivity index (χ2n) is 8.28. The molecule has 5 heteroatoms. The van der Waals surface area contributed by atoms with Crippen LogP contribution in [0.1, 0.15) is 22.3 Å². The molecule has 1 spiro atoms. The van der Waals surface area contributed by atoms with Crippen LogP contribution in [0.25, 0.3) is 11.1 Å². The van der Waals surface area contributed by atoms with E-state index < -0.39 is 5.60 Å². The number of rotatable bonds is 4. The summed E-state index contributed by atoms with van der Waals surface area (Å²) in [6.07, 6.45) is 0.353. The average Bonchev–Trinajstić information content (AvgIpc) is 3.36. The summed E-state index contributed by atoms with van der Waals surface area (Å²) < 4.78 is 5.82. The van der Waals surface area contributed by atoms with E-state index >= 15 is 0 Å². The van der Waals surface area contributed by atoms with Gasteiger partial charge in [-0.15, -0.1) is 0 Å². The van der Waals surface area contributed by atoms with E-state index in [1.807, 2.05) is 89.8 Å². The Kier molecular flexibility index (Phi) is 4.94. The molecule has 0 radical (unpaired) electrons. The van der Waals surface area contributed by atoms with Gasteiger partial charge in [0.2, 0.25) is 0 Å². The molecule has 0 saturated carbocycles. The number of amides is 2. The minimum Gasteiger partial charge on any atom is -0.439 e. The zero-order valence-corrected chi connectivity index (χ0v) is 17.2. The quantitative estimate of drug-likeness (QED) is 0.630. The Morgan fingerprint density at radius 2 is 1.55 bits per heavy atom. The van der Waals surface area contributed by atoms with E-state index in [2.05, 4.69) is 0 Å². The summed E-state index contributed by atoms with van der Waals surface area (Å²) in [5, 5.41) is 0. The van der Waals surface area contributed by atoms with Crippen molar-refractivity contribution in [2.45, 2.75) is 18.6 Å². The summed E-state index contributed by atoms with van der Waals surface area (Å²) in [6.45, 7) is 2.03. The Morgan fingerprint density at radius 1 is 0.871 bits per heavy atom. The maximum atomic E-state index is 13.4. The van der Waals surface area contributed by atoms with Crippen molar-refractivity contribution in [3.05, 3.63) is 96.1 Å². The number of likely N-dealkylation sites (tertiary alicyclic amines) is 1. The molecule has 2 aliphatic heterocycles. The van der Waals surface area contributed by atoms with Crippen LogP contribution in [-0.4, -0.2) is 47.0 Å². The highest BCUT2D eigenvalue weighted by atomic mass is 16.6. The lowest BCUT2D eigenvalue weighted by Gasteiger charge is -2.23. The molecule has 3 aromatic carbocycles. The molecule has 31 heavy (non-hydrogen) atoms. The monoisotopic (exact) mass is 412 g/mol. The van der Waals surface area contributed by atoms with Crippen LogP contribution in [0.5, 0.6) is 0 Å². The van der Waals surface area contributed by atoms with Crippen molar-refractivity contribution in [1.82, 2.24) is 9.80 Å². The molecule has 2 heterocycles. The Labute approximate surface area is 181 Å². The minimum absolute atomic E-state index is 0.0195. The van der Waals surface area contributed by atoms with Gasteiger partial charge in [0.15, 0.2) is 5.60 Å². The molecular weight excluding hydrogens is 388 g/mol. The van der Waals surface area contributed by atoms with Gasteiger partial charge in [-0.2, -0.15) is 0 Å². The summed E-state index contributed by atoms with van der Waals surface area (Å²) in [5.41, 5.74) is 3.06. The molecule has 5 rings (SSSR count). The molecule has 0 bridgehead atoms. The Hall–Kier alpha value is -3.60. The second kappa shape index (κ2) is 7.91. The molecular formula is C26H24N2O3. The molecule has 0 aromatic heterocycles. The van der Waals surface area contributed by atoms with Gasteiger partial charge in [-0.05, 0) is 22.8 Å². The number of carbonyl (C=O) groups excluding carboxylic acids is 2. The van der Waals surface area contributed by atoms with Gasteiger partial charge in [0.05, 0.1) is 13.1 Å². The van der Waals surface area contributed by atoms with Gasteiger partial charge in [0.25, 0.3) is 5.91 Å². The third kappa shape index (κ3) is 3.79. The maximum absolute atomic E-state index is 13.4. The maximum Gasteiger partial charge on any atom is 0.410 e. The molecule has 0 aliphatic carbocycles. The number of benzene rings is 3. The normalized spacial score (nSPS) is 20.3. The molecule has 2 aliphatic rings. The molecule has 5 nitrogen and oxygen atoms in total. The molecule has 3 aromatic rings. The lowest BCUT2D eigenvalue weighted by Crippen LogP contribution is -2.39. The van der Waals surface area contributed by atoms with Crippen LogP contribution in [0.4, 0.5) is 4.79 Å². The molecule has 2 saturated heterocycles. The van der Waals surface area contributed by atoms with Crippen LogP contribution in [0.15, 0.2) is 84.9 Å². The van der Waals surface area contributed by atoms with Gasteiger partial charge in [-0.25, -0.2) is 4.79 Å². The van der Waals surface area contributed by atoms with Crippen molar-refractivity contribution in [3.8, 4) is 11.1 Å². The van der Waals surface area contributed by atoms with Crippen molar-refractivity contribution in [2.24, 2.45) is 0 Å². The molecule has 2 fully saturated rings. The van der Waals surface area contributed by atoms with Crippen molar-refractivity contribution in [2.75, 3.05) is 19.6 Å². The fourth-order valence-corrected chi connectivity index (χ4v) is 4.56. The lowest BCUT2D eigenvalue weighted by atomic mass is 9.99. The predicted octanol–water partition coefficient (Wildman–Crippen LogP) is 4.59. The summed E-state index contributed by atoms with van der Waals surface area (Å²) in [5.74, 6) is -0.0195. The number of ether oxygens (including phenoxy) is 1. The van der Waals surface area contributed by atoms with Gasteiger partial charge in [-0.1, -0.05) is 78.9 Å². The highest BCUT2D eigenvalue weighted by Gasteiger charge is 2.50. The first kappa shape index (κ1) is 19.4. The highest BCUT2D eigenvalue weighted by Crippen LogP contribution is 2.35. The molecule has 1 atom stereocenters. The van der Waals surface area contributed by atoms with Gasteiger partial charge in [0.1, 0.15) is 0 Å². The van der Waals surface area contributed by atoms with E-state index in [0.29, 0.717) is 38.2 Å². The van der Waals surface area contributed by atoms with Crippen LogP contribution in [-0.2, 0) is 11.3 Å².